The molecule has 1 aromatic heterocycles. The number of likely N-dealkylation sites (tertiary alicyclic amines) is 1. The molecule has 38 heavy (non-hydrogen) atoms. The largest absolute Gasteiger partial charge is 0.363 e. The molecule has 1 aliphatic carbocycles. The Balaban J connectivity index is 1.16. The lowest BCUT2D eigenvalue weighted by Gasteiger charge is -2.43. The van der Waals surface area contributed by atoms with E-state index in [4.69, 9.17) is 0 Å². The van der Waals surface area contributed by atoms with E-state index in [1.165, 1.54) is 6.33 Å². The lowest BCUT2D eigenvalue weighted by molar-refractivity contribution is -0.142. The zero-order valence-electron chi connectivity index (χ0n) is 21.7. The number of rotatable bonds is 7. The van der Waals surface area contributed by atoms with Crippen molar-refractivity contribution in [1.29, 1.82) is 0 Å². The second kappa shape index (κ2) is 11.2. The fourth-order valence-electron chi connectivity index (χ4n) is 5.45. The molecule has 5 rings (SSSR count). The van der Waals surface area contributed by atoms with Gasteiger partial charge < -0.3 is 10.6 Å². The van der Waals surface area contributed by atoms with Gasteiger partial charge in [-0.15, -0.1) is 0 Å². The molecule has 0 bridgehead atoms. The van der Waals surface area contributed by atoms with Crippen molar-refractivity contribution in [3.05, 3.63) is 72.6 Å². The number of fused-ring (bicyclic) bond motifs is 1. The molecule has 8 nitrogen and oxygen atoms in total. The molecule has 0 radical (unpaired) electrons. The van der Waals surface area contributed by atoms with Crippen molar-refractivity contribution in [3.63, 3.8) is 0 Å². The highest BCUT2D eigenvalue weighted by Gasteiger charge is 2.41. The van der Waals surface area contributed by atoms with Crippen LogP contribution in [0.2, 0.25) is 0 Å². The molecule has 1 saturated carbocycles. The number of aromatic nitrogens is 2. The molecule has 1 atom stereocenters. The number of anilines is 2. The number of ketones is 2. The molecule has 1 saturated heterocycles. The van der Waals surface area contributed by atoms with Crippen molar-refractivity contribution < 1.29 is 14.4 Å². The first kappa shape index (κ1) is 25.7. The zero-order valence-corrected chi connectivity index (χ0v) is 21.7. The van der Waals surface area contributed by atoms with E-state index in [1.54, 1.807) is 6.08 Å². The minimum atomic E-state index is -0.208. The second-order valence-corrected chi connectivity index (χ2v) is 10.4. The van der Waals surface area contributed by atoms with Crippen molar-refractivity contribution in [2.75, 3.05) is 30.3 Å². The molecule has 1 spiro atoms. The highest BCUT2D eigenvalue weighted by atomic mass is 16.2. The summed E-state index contributed by atoms with van der Waals surface area (Å²) in [5.74, 6) is 0.110. The summed E-state index contributed by atoms with van der Waals surface area (Å²) >= 11 is 0. The van der Waals surface area contributed by atoms with Crippen LogP contribution in [-0.2, 0) is 14.4 Å². The molecule has 3 aromatic rings. The molecule has 0 unspecified atom stereocenters. The van der Waals surface area contributed by atoms with Crippen molar-refractivity contribution in [2.24, 2.45) is 5.41 Å². The Bertz CT molecular complexity index is 1360. The van der Waals surface area contributed by atoms with Crippen molar-refractivity contribution in [1.82, 2.24) is 14.9 Å². The fourth-order valence-corrected chi connectivity index (χ4v) is 5.45. The van der Waals surface area contributed by atoms with E-state index in [0.29, 0.717) is 30.9 Å². The van der Waals surface area contributed by atoms with Crippen LogP contribution in [0.15, 0.2) is 67.0 Å². The van der Waals surface area contributed by atoms with Crippen LogP contribution in [0.3, 0.4) is 0 Å². The predicted molar refractivity (Wildman–Crippen MR) is 148 cm³/mol. The Morgan fingerprint density at radius 3 is 2.61 bits per heavy atom. The van der Waals surface area contributed by atoms with E-state index < -0.39 is 0 Å². The molecular formula is C30H33N5O3. The topological polar surface area (TPSA) is 104 Å². The summed E-state index contributed by atoms with van der Waals surface area (Å²) in [6.45, 7) is 4.50. The highest BCUT2D eigenvalue weighted by Crippen LogP contribution is 2.42. The number of carbonyl (C=O) groups excluding carboxylic acids is 3. The second-order valence-electron chi connectivity index (χ2n) is 10.4. The third kappa shape index (κ3) is 5.97. The molecule has 2 heterocycles. The fraction of sp³-hybridized carbons (Fsp3) is 0.367. The monoisotopic (exact) mass is 511 g/mol. The van der Waals surface area contributed by atoms with Gasteiger partial charge in [0, 0.05) is 42.6 Å². The molecule has 2 aromatic carbocycles. The van der Waals surface area contributed by atoms with Gasteiger partial charge in [0.2, 0.25) is 5.91 Å². The van der Waals surface area contributed by atoms with E-state index in [-0.39, 0.29) is 28.9 Å². The number of hydrogen-bond donors (Lipinski definition) is 2. The summed E-state index contributed by atoms with van der Waals surface area (Å²) in [4.78, 5) is 47.2. The quantitative estimate of drug-likeness (QED) is 0.350. The van der Waals surface area contributed by atoms with Gasteiger partial charge in [-0.1, -0.05) is 36.4 Å². The number of piperidine rings is 1. The van der Waals surface area contributed by atoms with Crippen LogP contribution in [0.25, 0.3) is 10.9 Å². The van der Waals surface area contributed by atoms with Crippen LogP contribution in [0, 0.1) is 5.41 Å². The standard InChI is InChI=1S/C30H33N5O3/c1-21(22-6-3-2-4-7-22)33-29-24-18-23(9-10-25(24)31-20-32-29)34-28(38)8-5-15-35-16-13-30(14-17-35)12-11-26(36)27(37)19-30/h2-10,18,20-21H,11-17,19H2,1H3,(H,34,38)(H,31,32,33)/b8-5+/t21-/m1/s1. The van der Waals surface area contributed by atoms with E-state index in [1.807, 2.05) is 42.5 Å². The maximum Gasteiger partial charge on any atom is 0.248 e. The molecule has 1 amide bonds. The first-order valence-corrected chi connectivity index (χ1v) is 13.2. The Morgan fingerprint density at radius 1 is 1.05 bits per heavy atom. The third-order valence-electron chi connectivity index (χ3n) is 7.83. The summed E-state index contributed by atoms with van der Waals surface area (Å²) in [5, 5.41) is 7.24. The van der Waals surface area contributed by atoms with E-state index in [0.717, 1.165) is 48.8 Å². The SMILES string of the molecule is C[C@@H](Nc1ncnc2ccc(NC(=O)/C=C/CN3CCC4(CCC(=O)C(=O)C4)CC3)cc12)c1ccccc1. The average Bonchev–Trinajstić information content (AvgIpc) is 2.93. The van der Waals surface area contributed by atoms with Crippen LogP contribution in [0.5, 0.6) is 0 Å². The Morgan fingerprint density at radius 2 is 1.84 bits per heavy atom. The Kier molecular flexibility index (Phi) is 7.60. The van der Waals surface area contributed by atoms with Crippen molar-refractivity contribution >= 4 is 39.9 Å². The number of benzene rings is 2. The summed E-state index contributed by atoms with van der Waals surface area (Å²) in [6.07, 6.45) is 8.44. The number of nitrogens with zero attached hydrogens (tertiary/aromatic N) is 3. The maximum atomic E-state index is 12.6. The third-order valence-corrected chi connectivity index (χ3v) is 7.83. The van der Waals surface area contributed by atoms with Gasteiger partial charge >= 0.3 is 0 Å². The number of hydrogen-bond acceptors (Lipinski definition) is 7. The number of amides is 1. The molecule has 2 fully saturated rings. The Hall–Kier alpha value is -3.91. The minimum Gasteiger partial charge on any atom is -0.363 e. The van der Waals surface area contributed by atoms with Crippen LogP contribution < -0.4 is 10.6 Å². The smallest absolute Gasteiger partial charge is 0.248 e. The Labute approximate surface area is 222 Å². The number of Topliss-reactive ketones (excluding diaryl/α,β-unsaturated/α-hetero) is 2. The van der Waals surface area contributed by atoms with E-state index in [2.05, 4.69) is 44.6 Å². The van der Waals surface area contributed by atoms with Gasteiger partial charge in [-0.2, -0.15) is 0 Å². The van der Waals surface area contributed by atoms with Gasteiger partial charge in [-0.05, 0) is 68.5 Å². The number of nitrogens with one attached hydrogen (secondary N) is 2. The highest BCUT2D eigenvalue weighted by molar-refractivity contribution is 6.37. The van der Waals surface area contributed by atoms with Crippen LogP contribution in [-0.4, -0.2) is 52.0 Å². The summed E-state index contributed by atoms with van der Waals surface area (Å²) < 4.78 is 0. The summed E-state index contributed by atoms with van der Waals surface area (Å²) in [5.41, 5.74) is 2.62. The lowest BCUT2D eigenvalue weighted by atomic mass is 9.67. The summed E-state index contributed by atoms with van der Waals surface area (Å²) in [6, 6.07) is 15.8. The van der Waals surface area contributed by atoms with Gasteiger partial charge in [-0.3, -0.25) is 19.3 Å². The maximum absolute atomic E-state index is 12.6. The molecule has 1 aliphatic heterocycles. The molecule has 2 N–H and O–H groups in total. The first-order valence-electron chi connectivity index (χ1n) is 13.2. The summed E-state index contributed by atoms with van der Waals surface area (Å²) in [7, 11) is 0. The molecular weight excluding hydrogens is 478 g/mol. The molecule has 196 valence electrons. The van der Waals surface area contributed by atoms with Crippen molar-refractivity contribution in [3.8, 4) is 0 Å². The van der Waals surface area contributed by atoms with E-state index in [9.17, 15) is 14.4 Å². The number of carbonyl (C=O) groups is 3. The van der Waals surface area contributed by atoms with Gasteiger partial charge in [0.1, 0.15) is 12.1 Å². The van der Waals surface area contributed by atoms with Gasteiger partial charge in [0.25, 0.3) is 0 Å². The predicted octanol–water partition coefficient (Wildman–Crippen LogP) is 4.70. The molecule has 2 aliphatic rings. The average molecular weight is 512 g/mol. The van der Waals surface area contributed by atoms with Crippen molar-refractivity contribution in [2.45, 2.75) is 45.1 Å². The van der Waals surface area contributed by atoms with Crippen LogP contribution in [0.4, 0.5) is 11.5 Å². The first-order chi connectivity index (χ1) is 18.4. The lowest BCUT2D eigenvalue weighted by Crippen LogP contribution is -2.44. The van der Waals surface area contributed by atoms with E-state index >= 15 is 0 Å². The van der Waals surface area contributed by atoms with Gasteiger partial charge in [0.15, 0.2) is 11.6 Å². The minimum absolute atomic E-state index is 0.00498. The van der Waals surface area contributed by atoms with Gasteiger partial charge in [-0.25, -0.2) is 9.97 Å². The van der Waals surface area contributed by atoms with Gasteiger partial charge in [0.05, 0.1) is 5.52 Å². The normalized spacial score (nSPS) is 18.7. The van der Waals surface area contributed by atoms with Crippen LogP contribution in [0.1, 0.15) is 50.6 Å². The van der Waals surface area contributed by atoms with Crippen LogP contribution >= 0.6 is 0 Å². The zero-order chi connectivity index (χ0) is 26.5. The molecule has 8 heteroatoms.